The highest BCUT2D eigenvalue weighted by Gasteiger charge is 2.23. The fourth-order valence-corrected chi connectivity index (χ4v) is 2.35. The summed E-state index contributed by atoms with van der Waals surface area (Å²) in [6.07, 6.45) is 2.48. The molecule has 7 nitrogen and oxygen atoms in total. The first-order valence-corrected chi connectivity index (χ1v) is 6.23. The molecule has 0 aliphatic carbocycles. The number of nitrogens with zero attached hydrogens (tertiary/aromatic N) is 4. The molecule has 2 N–H and O–H groups in total. The number of rotatable bonds is 2. The number of pyridine rings is 1. The van der Waals surface area contributed by atoms with Crippen LogP contribution in [-0.4, -0.2) is 50.7 Å². The van der Waals surface area contributed by atoms with E-state index in [4.69, 9.17) is 5.73 Å². The molecule has 2 aromatic rings. The average Bonchev–Trinajstić information content (AvgIpc) is 2.94. The van der Waals surface area contributed by atoms with Gasteiger partial charge in [-0.15, -0.1) is 9.78 Å². The zero-order chi connectivity index (χ0) is 13.4. The van der Waals surface area contributed by atoms with E-state index in [0.29, 0.717) is 12.2 Å². The number of fused-ring (bicyclic) bond motifs is 1. The van der Waals surface area contributed by atoms with E-state index in [1.165, 1.54) is 4.40 Å². The van der Waals surface area contributed by atoms with E-state index in [-0.39, 0.29) is 18.5 Å². The Kier molecular flexibility index (Phi) is 2.92. The van der Waals surface area contributed by atoms with Crippen LogP contribution >= 0.6 is 0 Å². The molecule has 0 saturated carbocycles. The van der Waals surface area contributed by atoms with Gasteiger partial charge in [0.05, 0.1) is 6.54 Å². The van der Waals surface area contributed by atoms with E-state index in [9.17, 15) is 9.59 Å². The molecule has 3 rings (SSSR count). The molecule has 0 bridgehead atoms. The first-order chi connectivity index (χ1) is 9.15. The number of carbonyl (C=O) groups is 1. The monoisotopic (exact) mass is 261 g/mol. The lowest BCUT2D eigenvalue weighted by molar-refractivity contribution is 0.0842. The molecule has 19 heavy (non-hydrogen) atoms. The molecule has 1 saturated heterocycles. The van der Waals surface area contributed by atoms with Crippen molar-refractivity contribution >= 4 is 11.6 Å². The van der Waals surface area contributed by atoms with Crippen LogP contribution in [0.2, 0.25) is 0 Å². The van der Waals surface area contributed by atoms with Gasteiger partial charge in [0.15, 0.2) is 5.65 Å². The van der Waals surface area contributed by atoms with Gasteiger partial charge in [-0.2, -0.15) is 0 Å². The largest absolute Gasteiger partial charge is 0.357 e. The van der Waals surface area contributed by atoms with Crippen molar-refractivity contribution in [1.29, 1.82) is 0 Å². The van der Waals surface area contributed by atoms with E-state index in [1.54, 1.807) is 24.4 Å². The maximum Gasteiger partial charge on any atom is 0.357 e. The Morgan fingerprint density at radius 2 is 2.32 bits per heavy atom. The maximum atomic E-state index is 12.1. The number of aromatic nitrogens is 3. The quantitative estimate of drug-likeness (QED) is 0.762. The van der Waals surface area contributed by atoms with Crippen molar-refractivity contribution in [2.45, 2.75) is 12.5 Å². The third-order valence-electron chi connectivity index (χ3n) is 3.33. The normalized spacial score (nSPS) is 20.2. The molecule has 100 valence electrons. The second kappa shape index (κ2) is 4.60. The van der Waals surface area contributed by atoms with E-state index >= 15 is 0 Å². The fraction of sp³-hybridized carbons (Fsp3) is 0.417. The van der Waals surface area contributed by atoms with Gasteiger partial charge in [-0.25, -0.2) is 9.20 Å². The third kappa shape index (κ3) is 2.18. The minimum absolute atomic E-state index is 0.116. The number of nitrogens with two attached hydrogens (primary N) is 1. The highest BCUT2D eigenvalue weighted by molar-refractivity contribution is 5.80. The van der Waals surface area contributed by atoms with Gasteiger partial charge < -0.3 is 5.73 Å². The molecular formula is C12H15N5O2. The first kappa shape index (κ1) is 12.1. The van der Waals surface area contributed by atoms with Crippen LogP contribution in [0.5, 0.6) is 0 Å². The van der Waals surface area contributed by atoms with Crippen molar-refractivity contribution in [1.82, 2.24) is 19.1 Å². The van der Waals surface area contributed by atoms with Gasteiger partial charge in [0, 0.05) is 25.3 Å². The van der Waals surface area contributed by atoms with Crippen LogP contribution in [0.3, 0.4) is 0 Å². The minimum Gasteiger partial charge on any atom is -0.326 e. The van der Waals surface area contributed by atoms with Gasteiger partial charge in [-0.05, 0) is 18.6 Å². The summed E-state index contributed by atoms with van der Waals surface area (Å²) in [5.74, 6) is -0.317. The summed E-state index contributed by atoms with van der Waals surface area (Å²) in [4.78, 5) is 26.1. The van der Waals surface area contributed by atoms with Gasteiger partial charge in [-0.3, -0.25) is 9.69 Å². The minimum atomic E-state index is -0.427. The van der Waals surface area contributed by atoms with Crippen LogP contribution in [0.15, 0.2) is 29.2 Å². The van der Waals surface area contributed by atoms with Crippen LogP contribution < -0.4 is 11.4 Å². The Hall–Kier alpha value is -1.99. The van der Waals surface area contributed by atoms with E-state index in [1.807, 2.05) is 4.90 Å². The Morgan fingerprint density at radius 1 is 1.47 bits per heavy atom. The Balaban J connectivity index is 1.86. The van der Waals surface area contributed by atoms with Gasteiger partial charge in [-0.1, -0.05) is 6.07 Å². The predicted molar refractivity (Wildman–Crippen MR) is 69.1 cm³/mol. The van der Waals surface area contributed by atoms with E-state index in [2.05, 4.69) is 5.10 Å². The Labute approximate surface area is 109 Å². The second-order valence-electron chi connectivity index (χ2n) is 4.80. The van der Waals surface area contributed by atoms with E-state index < -0.39 is 5.69 Å². The van der Waals surface area contributed by atoms with Crippen LogP contribution in [0.4, 0.5) is 0 Å². The molecule has 0 spiro atoms. The third-order valence-corrected chi connectivity index (χ3v) is 3.33. The smallest absolute Gasteiger partial charge is 0.326 e. The van der Waals surface area contributed by atoms with Crippen LogP contribution in [0.1, 0.15) is 11.2 Å². The Bertz CT molecular complexity index is 674. The van der Waals surface area contributed by atoms with Crippen molar-refractivity contribution in [2.75, 3.05) is 19.6 Å². The number of hydrogen-bond acceptors (Lipinski definition) is 5. The van der Waals surface area contributed by atoms with Crippen LogP contribution in [0.25, 0.3) is 5.65 Å². The number of likely N-dealkylation sites (tertiary alicyclic amines) is 1. The molecule has 1 atom stereocenters. The molecule has 0 unspecified atom stereocenters. The van der Waals surface area contributed by atoms with Crippen LogP contribution in [-0.2, 0) is 0 Å². The summed E-state index contributed by atoms with van der Waals surface area (Å²) in [6, 6.07) is 5.31. The lowest BCUT2D eigenvalue weighted by Crippen LogP contribution is -2.37. The molecule has 3 heterocycles. The summed E-state index contributed by atoms with van der Waals surface area (Å²) in [7, 11) is 0. The number of hydrogen-bond donors (Lipinski definition) is 1. The van der Waals surface area contributed by atoms with Gasteiger partial charge in [0.25, 0.3) is 5.91 Å². The fourth-order valence-electron chi connectivity index (χ4n) is 2.35. The lowest BCUT2D eigenvalue weighted by atomic mass is 10.3. The average molecular weight is 261 g/mol. The molecule has 0 aromatic carbocycles. The van der Waals surface area contributed by atoms with Crippen molar-refractivity contribution < 1.29 is 4.79 Å². The van der Waals surface area contributed by atoms with Crippen molar-refractivity contribution in [3.05, 3.63) is 34.9 Å². The van der Waals surface area contributed by atoms with Crippen molar-refractivity contribution in [3.8, 4) is 0 Å². The standard InChI is InChI=1S/C12H15N5O2/c13-9-4-6-15(7-9)8-11(18)17-12(19)16-5-2-1-3-10(16)14-17/h1-3,5,9H,4,6-8,13H2/t9-/m1/s1. The zero-order valence-corrected chi connectivity index (χ0v) is 10.4. The topological polar surface area (TPSA) is 85.6 Å². The zero-order valence-electron chi connectivity index (χ0n) is 10.4. The maximum absolute atomic E-state index is 12.1. The SMILES string of the molecule is N[C@@H]1CCN(CC(=O)n2nc3ccccn3c2=O)C1. The number of carbonyl (C=O) groups excluding carboxylic acids is 1. The first-order valence-electron chi connectivity index (χ1n) is 6.23. The molecule has 1 aliphatic rings. The summed E-state index contributed by atoms with van der Waals surface area (Å²) in [5, 5.41) is 4.03. The molecule has 7 heteroatoms. The van der Waals surface area contributed by atoms with E-state index in [0.717, 1.165) is 17.6 Å². The molecule has 0 amide bonds. The van der Waals surface area contributed by atoms with Gasteiger partial charge in [0.1, 0.15) is 0 Å². The van der Waals surface area contributed by atoms with Gasteiger partial charge >= 0.3 is 5.69 Å². The lowest BCUT2D eigenvalue weighted by Gasteiger charge is -2.12. The van der Waals surface area contributed by atoms with Gasteiger partial charge in [0.2, 0.25) is 0 Å². The molecule has 1 fully saturated rings. The molecule has 1 aliphatic heterocycles. The molecule has 2 aromatic heterocycles. The molecular weight excluding hydrogens is 246 g/mol. The predicted octanol–water partition coefficient (Wildman–Crippen LogP) is -0.831. The summed E-state index contributed by atoms with van der Waals surface area (Å²) in [6.45, 7) is 1.65. The second-order valence-corrected chi connectivity index (χ2v) is 4.80. The molecule has 0 radical (unpaired) electrons. The Morgan fingerprint density at radius 3 is 3.00 bits per heavy atom. The summed E-state index contributed by atoms with van der Waals surface area (Å²) in [5.41, 5.74) is 5.83. The highest BCUT2D eigenvalue weighted by atomic mass is 16.2. The summed E-state index contributed by atoms with van der Waals surface area (Å²) < 4.78 is 2.28. The van der Waals surface area contributed by atoms with Crippen LogP contribution in [0, 0.1) is 0 Å². The summed E-state index contributed by atoms with van der Waals surface area (Å²) >= 11 is 0. The van der Waals surface area contributed by atoms with Crippen molar-refractivity contribution in [2.24, 2.45) is 5.73 Å². The highest BCUT2D eigenvalue weighted by Crippen LogP contribution is 2.06. The van der Waals surface area contributed by atoms with Crippen molar-refractivity contribution in [3.63, 3.8) is 0 Å².